The normalized spacial score (nSPS) is 18.4. The molecule has 3 fully saturated rings. The Balaban J connectivity index is 1.04. The largest absolute Gasteiger partial charge is 0.573 e. The van der Waals surface area contributed by atoms with Gasteiger partial charge in [-0.15, -0.1) is 13.2 Å². The maximum absolute atomic E-state index is 13.1. The van der Waals surface area contributed by atoms with Crippen molar-refractivity contribution >= 4 is 22.6 Å². The van der Waals surface area contributed by atoms with Crippen LogP contribution in [0.2, 0.25) is 0 Å². The van der Waals surface area contributed by atoms with Crippen LogP contribution in [0.1, 0.15) is 66.3 Å². The van der Waals surface area contributed by atoms with Crippen molar-refractivity contribution in [2.45, 2.75) is 57.2 Å². The number of piperidine rings is 1. The lowest BCUT2D eigenvalue weighted by Gasteiger charge is -2.53. The van der Waals surface area contributed by atoms with Crippen molar-refractivity contribution in [3.8, 4) is 22.8 Å². The molecule has 1 N–H and O–H groups in total. The second-order valence-electron chi connectivity index (χ2n) is 12.4. The molecule has 2 aromatic heterocycles. The quantitative estimate of drug-likeness (QED) is 0.219. The first-order chi connectivity index (χ1) is 21.1. The summed E-state index contributed by atoms with van der Waals surface area (Å²) in [4.78, 5) is 18.1. The molecule has 7 rings (SSSR count). The maximum Gasteiger partial charge on any atom is 0.573 e. The minimum Gasteiger partial charge on any atom is -0.496 e. The summed E-state index contributed by atoms with van der Waals surface area (Å²) in [7, 11) is 1.52. The van der Waals surface area contributed by atoms with Crippen LogP contribution in [0.4, 0.5) is 18.9 Å². The molecule has 8 nitrogen and oxygen atoms in total. The van der Waals surface area contributed by atoms with E-state index in [2.05, 4.69) is 19.8 Å². The molecule has 0 amide bonds. The van der Waals surface area contributed by atoms with Crippen LogP contribution >= 0.6 is 0 Å². The topological polar surface area (TPSA) is 97.9 Å². The van der Waals surface area contributed by atoms with Crippen molar-refractivity contribution in [1.29, 1.82) is 0 Å². The predicted molar refractivity (Wildman–Crippen MR) is 156 cm³/mol. The van der Waals surface area contributed by atoms with Crippen LogP contribution in [0.5, 0.6) is 11.5 Å². The van der Waals surface area contributed by atoms with Gasteiger partial charge in [-0.3, -0.25) is 0 Å². The van der Waals surface area contributed by atoms with Crippen molar-refractivity contribution < 1.29 is 37.1 Å². The fourth-order valence-electron chi connectivity index (χ4n) is 7.18. The molecule has 1 saturated heterocycles. The number of carboxylic acid groups (broad SMARTS) is 1. The third-order valence-corrected chi connectivity index (χ3v) is 9.45. The first-order valence-electron chi connectivity index (χ1n) is 14.9. The summed E-state index contributed by atoms with van der Waals surface area (Å²) in [6.07, 6.45) is 2.15. The van der Waals surface area contributed by atoms with Gasteiger partial charge in [0.2, 0.25) is 0 Å². The Kier molecular flexibility index (Phi) is 6.93. The third-order valence-electron chi connectivity index (χ3n) is 9.45. The van der Waals surface area contributed by atoms with Crippen LogP contribution in [0.15, 0.2) is 53.1 Å². The highest BCUT2D eigenvalue weighted by Crippen LogP contribution is 2.55. The van der Waals surface area contributed by atoms with E-state index in [1.165, 1.54) is 25.3 Å². The van der Waals surface area contributed by atoms with Gasteiger partial charge in [0.25, 0.3) is 0 Å². The molecular weight excluding hydrogens is 575 g/mol. The molecule has 2 aromatic carbocycles. The number of para-hydroxylation sites is 1. The first-order valence-corrected chi connectivity index (χ1v) is 14.9. The van der Waals surface area contributed by atoms with Crippen molar-refractivity contribution in [2.24, 2.45) is 11.3 Å². The summed E-state index contributed by atoms with van der Waals surface area (Å²) in [5.41, 5.74) is 3.51. The van der Waals surface area contributed by atoms with E-state index >= 15 is 0 Å². The average Bonchev–Trinajstić information content (AvgIpc) is 3.75. The van der Waals surface area contributed by atoms with E-state index in [-0.39, 0.29) is 22.8 Å². The fraction of sp³-hybridized carbons (Fsp3) is 0.424. The number of halogens is 3. The van der Waals surface area contributed by atoms with E-state index in [9.17, 15) is 23.1 Å². The van der Waals surface area contributed by atoms with Gasteiger partial charge in [0.05, 0.1) is 12.6 Å². The number of carbonyl (C=O) groups is 1. The fourth-order valence-corrected chi connectivity index (χ4v) is 7.18. The number of rotatable bonds is 8. The lowest BCUT2D eigenvalue weighted by atomic mass is 9.56. The molecule has 1 spiro atoms. The van der Waals surface area contributed by atoms with E-state index in [1.54, 1.807) is 12.1 Å². The lowest BCUT2D eigenvalue weighted by Crippen LogP contribution is -2.47. The predicted octanol–water partition coefficient (Wildman–Crippen LogP) is 7.61. The molecule has 0 atom stereocenters. The smallest absolute Gasteiger partial charge is 0.496 e. The van der Waals surface area contributed by atoms with Gasteiger partial charge in [-0.1, -0.05) is 17.3 Å². The number of aromatic carboxylic acids is 1. The molecule has 0 bridgehead atoms. The van der Waals surface area contributed by atoms with Crippen LogP contribution in [-0.2, 0) is 6.42 Å². The maximum atomic E-state index is 13.1. The Labute approximate surface area is 251 Å². The van der Waals surface area contributed by atoms with E-state index in [1.807, 2.05) is 18.2 Å². The zero-order valence-corrected chi connectivity index (χ0v) is 24.2. The molecular formula is C33H32F3N3O5. The highest BCUT2D eigenvalue weighted by atomic mass is 19.4. The first kappa shape index (κ1) is 28.5. The van der Waals surface area contributed by atoms with Gasteiger partial charge in [0.15, 0.2) is 5.69 Å². The van der Waals surface area contributed by atoms with Crippen molar-refractivity contribution in [3.63, 3.8) is 0 Å². The Morgan fingerprint density at radius 3 is 2.52 bits per heavy atom. The molecule has 0 unspecified atom stereocenters. The number of aromatic nitrogens is 2. The second-order valence-corrected chi connectivity index (χ2v) is 12.4. The number of pyridine rings is 1. The number of hydrogen-bond acceptors (Lipinski definition) is 7. The Morgan fingerprint density at radius 2 is 1.84 bits per heavy atom. The van der Waals surface area contributed by atoms with Crippen molar-refractivity contribution in [1.82, 2.24) is 10.1 Å². The number of methoxy groups -OCH3 is 1. The van der Waals surface area contributed by atoms with Gasteiger partial charge in [-0.05, 0) is 86.6 Å². The second kappa shape index (κ2) is 10.7. The Hall–Kier alpha value is -4.28. The lowest BCUT2D eigenvalue weighted by molar-refractivity contribution is -0.274. The monoisotopic (exact) mass is 607 g/mol. The zero-order chi connectivity index (χ0) is 30.6. The molecule has 2 aliphatic carbocycles. The average molecular weight is 608 g/mol. The van der Waals surface area contributed by atoms with Gasteiger partial charge in [-0.25, -0.2) is 9.78 Å². The SMILES string of the molecule is COc1cc(C(=O)O)nc2ccc(N3CCC4(CC3)CC(Cc3c(-c5ccccc5OC(F)(F)F)noc3C3CC3)C4)cc12. The van der Waals surface area contributed by atoms with Crippen molar-refractivity contribution in [2.75, 3.05) is 25.1 Å². The highest BCUT2D eigenvalue weighted by molar-refractivity contribution is 5.94. The van der Waals surface area contributed by atoms with Crippen molar-refractivity contribution in [3.05, 3.63) is 65.5 Å². The number of anilines is 1. The number of carboxylic acids is 1. The van der Waals surface area contributed by atoms with Crippen LogP contribution in [0.25, 0.3) is 22.2 Å². The highest BCUT2D eigenvalue weighted by Gasteiger charge is 2.47. The summed E-state index contributed by atoms with van der Waals surface area (Å²) < 4.78 is 55.0. The van der Waals surface area contributed by atoms with Crippen LogP contribution in [0, 0.1) is 11.3 Å². The molecule has 0 radical (unpaired) electrons. The van der Waals surface area contributed by atoms with Gasteiger partial charge in [0, 0.05) is 47.3 Å². The number of nitrogens with zero attached hydrogens (tertiary/aromatic N) is 3. The van der Waals surface area contributed by atoms with Gasteiger partial charge in [0.1, 0.15) is 23.0 Å². The van der Waals surface area contributed by atoms with E-state index in [0.29, 0.717) is 28.4 Å². The molecule has 44 heavy (non-hydrogen) atoms. The van der Waals surface area contributed by atoms with Gasteiger partial charge < -0.3 is 24.0 Å². The number of benzene rings is 2. The standard InChI is InChI=1S/C33H32F3N3O5/c1-42-28-16-26(31(40)41)37-25-9-8-21(15-23(25)28)39-12-10-32(11-13-39)17-19(18-32)14-24-29(38-44-30(24)20-6-7-20)22-4-2-3-5-27(22)43-33(34,35)36/h2-5,8-9,15-16,19-20H,6-7,10-14,17-18H2,1H3,(H,40,41). The Bertz CT molecular complexity index is 1720. The summed E-state index contributed by atoms with van der Waals surface area (Å²) in [6, 6.07) is 13.4. The molecule has 230 valence electrons. The van der Waals surface area contributed by atoms with E-state index in [0.717, 1.165) is 80.4 Å². The zero-order valence-electron chi connectivity index (χ0n) is 24.2. The molecule has 4 aromatic rings. The molecule has 3 aliphatic rings. The van der Waals surface area contributed by atoms with E-state index in [4.69, 9.17) is 9.26 Å². The van der Waals surface area contributed by atoms with Gasteiger partial charge in [-0.2, -0.15) is 0 Å². The van der Waals surface area contributed by atoms with E-state index < -0.39 is 12.3 Å². The number of hydrogen-bond donors (Lipinski definition) is 1. The van der Waals surface area contributed by atoms with Crippen LogP contribution < -0.4 is 14.4 Å². The summed E-state index contributed by atoms with van der Waals surface area (Å²) in [6.45, 7) is 1.80. The molecule has 2 saturated carbocycles. The van der Waals surface area contributed by atoms with Crippen LogP contribution in [0.3, 0.4) is 0 Å². The molecule has 3 heterocycles. The minimum absolute atomic E-state index is 0.0528. The summed E-state index contributed by atoms with van der Waals surface area (Å²) >= 11 is 0. The molecule has 1 aliphatic heterocycles. The Morgan fingerprint density at radius 1 is 1.09 bits per heavy atom. The summed E-state index contributed by atoms with van der Waals surface area (Å²) in [5, 5.41) is 14.4. The summed E-state index contributed by atoms with van der Waals surface area (Å²) in [5.74, 6) is 0.626. The number of fused-ring (bicyclic) bond motifs is 1. The minimum atomic E-state index is -4.80. The number of ether oxygens (including phenoxy) is 2. The van der Waals surface area contributed by atoms with Crippen LogP contribution in [-0.4, -0.2) is 47.8 Å². The molecule has 11 heteroatoms. The number of alkyl halides is 3. The third kappa shape index (κ3) is 5.44. The van der Waals surface area contributed by atoms with Gasteiger partial charge >= 0.3 is 12.3 Å².